The summed E-state index contributed by atoms with van der Waals surface area (Å²) in [5, 5.41) is 26.3. The largest absolute Gasteiger partial charge is 0.480 e. The normalized spacial score (nSPS) is 14.1. The van der Waals surface area contributed by atoms with E-state index in [1.54, 1.807) is 6.92 Å². The fourth-order valence-corrected chi connectivity index (χ4v) is 1.52. The van der Waals surface area contributed by atoms with E-state index in [0.717, 1.165) is 0 Å². The van der Waals surface area contributed by atoms with Crippen LogP contribution in [0.1, 0.15) is 39.0 Å². The second-order valence-corrected chi connectivity index (χ2v) is 4.26. The average Bonchev–Trinajstić information content (AvgIpc) is 2.23. The molecule has 0 fully saturated rings. The van der Waals surface area contributed by atoms with Gasteiger partial charge in [-0.3, -0.25) is 9.59 Å². The van der Waals surface area contributed by atoms with Gasteiger partial charge < -0.3 is 20.9 Å². The van der Waals surface area contributed by atoms with Gasteiger partial charge in [-0.2, -0.15) is 0 Å². The van der Waals surface area contributed by atoms with Crippen molar-refractivity contribution in [2.45, 2.75) is 50.9 Å². The van der Waals surface area contributed by atoms with Gasteiger partial charge in [0.1, 0.15) is 11.3 Å². The van der Waals surface area contributed by atoms with Crippen molar-refractivity contribution in [3.63, 3.8) is 0 Å². The third-order valence-electron chi connectivity index (χ3n) is 2.67. The van der Waals surface area contributed by atoms with Crippen LogP contribution in [-0.2, 0) is 9.59 Å². The van der Waals surface area contributed by atoms with E-state index in [1.165, 1.54) is 0 Å². The van der Waals surface area contributed by atoms with Crippen LogP contribution in [0.25, 0.3) is 0 Å². The Balaban J connectivity index is 4.22. The lowest BCUT2D eigenvalue weighted by atomic mass is 9.81. The van der Waals surface area contributed by atoms with Gasteiger partial charge in [-0.25, -0.2) is 0 Å². The van der Waals surface area contributed by atoms with Crippen LogP contribution in [0.2, 0.25) is 6.32 Å². The summed E-state index contributed by atoms with van der Waals surface area (Å²) in [6.07, 6.45) is 1.32. The van der Waals surface area contributed by atoms with Crippen molar-refractivity contribution in [1.29, 1.82) is 0 Å². The number of carboxylic acids is 1. The number of aliphatic carboxylic acids is 1. The van der Waals surface area contributed by atoms with Gasteiger partial charge in [0.25, 0.3) is 0 Å². The van der Waals surface area contributed by atoms with Crippen molar-refractivity contribution >= 4 is 18.9 Å². The molecule has 1 unspecified atom stereocenters. The summed E-state index contributed by atoms with van der Waals surface area (Å²) < 4.78 is 0. The predicted molar refractivity (Wildman–Crippen MR) is 63.3 cm³/mol. The van der Waals surface area contributed by atoms with Crippen LogP contribution >= 0.6 is 0 Å². The average molecular weight is 245 g/mol. The Morgan fingerprint density at radius 3 is 2.29 bits per heavy atom. The molecule has 0 saturated heterocycles. The molecule has 0 aliphatic rings. The highest BCUT2D eigenvalue weighted by Gasteiger charge is 2.35. The maximum atomic E-state index is 11.2. The molecule has 5 N–H and O–H groups in total. The third-order valence-corrected chi connectivity index (χ3v) is 2.67. The molecule has 0 rings (SSSR count). The highest BCUT2D eigenvalue weighted by Crippen LogP contribution is 2.18. The molecule has 98 valence electrons. The lowest BCUT2D eigenvalue weighted by molar-refractivity contribution is -0.145. The highest BCUT2D eigenvalue weighted by atomic mass is 16.4. The molecule has 0 aromatic carbocycles. The summed E-state index contributed by atoms with van der Waals surface area (Å²) in [4.78, 5) is 22.3. The van der Waals surface area contributed by atoms with Gasteiger partial charge in [0.05, 0.1) is 0 Å². The maximum absolute atomic E-state index is 11.2. The van der Waals surface area contributed by atoms with Gasteiger partial charge in [0.15, 0.2) is 0 Å². The SMILES string of the molecule is CCC(=O)CC(N)(CCCCB(O)O)C(=O)O. The van der Waals surface area contributed by atoms with E-state index in [-0.39, 0.29) is 31.4 Å². The molecule has 6 nitrogen and oxygen atoms in total. The lowest BCUT2D eigenvalue weighted by Crippen LogP contribution is -2.49. The molecule has 1 atom stereocenters. The maximum Gasteiger partial charge on any atom is 0.451 e. The Hall–Kier alpha value is -0.915. The zero-order valence-corrected chi connectivity index (χ0v) is 10.1. The molecular formula is C10H20BNO5. The zero-order valence-electron chi connectivity index (χ0n) is 10.1. The van der Waals surface area contributed by atoms with Gasteiger partial charge in [0, 0.05) is 12.8 Å². The number of ketones is 1. The molecule has 0 aliphatic heterocycles. The Labute approximate surface area is 101 Å². The number of rotatable bonds is 9. The lowest BCUT2D eigenvalue weighted by Gasteiger charge is -2.23. The van der Waals surface area contributed by atoms with Gasteiger partial charge in [-0.15, -0.1) is 0 Å². The number of carboxylic acid groups (broad SMARTS) is 1. The minimum atomic E-state index is -1.53. The summed E-state index contributed by atoms with van der Waals surface area (Å²) in [5.74, 6) is -1.37. The van der Waals surface area contributed by atoms with E-state index < -0.39 is 18.6 Å². The topological polar surface area (TPSA) is 121 Å². The molecule has 0 aromatic rings. The molecular weight excluding hydrogens is 225 g/mol. The molecule has 0 heterocycles. The summed E-state index contributed by atoms with van der Waals surface area (Å²) in [6.45, 7) is 1.66. The first-order valence-corrected chi connectivity index (χ1v) is 5.72. The molecule has 0 amide bonds. The number of hydrogen-bond acceptors (Lipinski definition) is 5. The van der Waals surface area contributed by atoms with E-state index in [9.17, 15) is 9.59 Å². The van der Waals surface area contributed by atoms with Gasteiger partial charge in [-0.05, 0) is 12.7 Å². The smallest absolute Gasteiger partial charge is 0.451 e. The van der Waals surface area contributed by atoms with Crippen molar-refractivity contribution < 1.29 is 24.7 Å². The van der Waals surface area contributed by atoms with E-state index in [2.05, 4.69) is 0 Å². The highest BCUT2D eigenvalue weighted by molar-refractivity contribution is 6.40. The second kappa shape index (κ2) is 7.42. The molecule has 0 radical (unpaired) electrons. The fraction of sp³-hybridized carbons (Fsp3) is 0.800. The van der Waals surface area contributed by atoms with Crippen LogP contribution in [0.15, 0.2) is 0 Å². The third kappa shape index (κ3) is 6.40. The minimum Gasteiger partial charge on any atom is -0.480 e. The second-order valence-electron chi connectivity index (χ2n) is 4.26. The minimum absolute atomic E-state index is 0.154. The van der Waals surface area contributed by atoms with Crippen LogP contribution in [-0.4, -0.2) is 39.6 Å². The zero-order chi connectivity index (χ0) is 13.5. The predicted octanol–water partition coefficient (Wildman–Crippen LogP) is -0.219. The Kier molecular flexibility index (Phi) is 7.02. The standard InChI is InChI=1S/C10H20BNO5/c1-2-8(13)7-10(12,9(14)15)5-3-4-6-11(16)17/h16-17H,2-7,12H2,1H3,(H,14,15). The summed E-state index contributed by atoms with van der Waals surface area (Å²) in [7, 11) is -1.38. The molecule has 0 aromatic heterocycles. The van der Waals surface area contributed by atoms with Crippen LogP contribution in [0.4, 0.5) is 0 Å². The summed E-state index contributed by atoms with van der Waals surface area (Å²) in [6, 6.07) is 0. The molecule has 0 saturated carbocycles. The monoisotopic (exact) mass is 245 g/mol. The van der Waals surface area contributed by atoms with Crippen LogP contribution in [0.3, 0.4) is 0 Å². The van der Waals surface area contributed by atoms with Crippen LogP contribution in [0.5, 0.6) is 0 Å². The van der Waals surface area contributed by atoms with E-state index in [1.807, 2.05) is 0 Å². The van der Waals surface area contributed by atoms with Crippen LogP contribution < -0.4 is 5.73 Å². The van der Waals surface area contributed by atoms with E-state index in [0.29, 0.717) is 12.8 Å². The Bertz CT molecular complexity index is 271. The first-order chi connectivity index (χ1) is 7.81. The molecule has 7 heteroatoms. The summed E-state index contributed by atoms with van der Waals surface area (Å²) in [5.41, 5.74) is 4.15. The molecule has 0 aliphatic carbocycles. The number of unbranched alkanes of at least 4 members (excludes halogenated alkanes) is 1. The van der Waals surface area contributed by atoms with Crippen molar-refractivity contribution in [3.05, 3.63) is 0 Å². The van der Waals surface area contributed by atoms with Gasteiger partial charge in [0.2, 0.25) is 0 Å². The summed E-state index contributed by atoms with van der Waals surface area (Å²) >= 11 is 0. The first-order valence-electron chi connectivity index (χ1n) is 5.72. The van der Waals surface area contributed by atoms with Gasteiger partial charge in [-0.1, -0.05) is 19.8 Å². The van der Waals surface area contributed by atoms with E-state index >= 15 is 0 Å². The molecule has 0 spiro atoms. The van der Waals surface area contributed by atoms with Crippen molar-refractivity contribution in [2.75, 3.05) is 0 Å². The number of carbonyl (C=O) groups excluding carboxylic acids is 1. The van der Waals surface area contributed by atoms with Crippen molar-refractivity contribution in [3.8, 4) is 0 Å². The van der Waals surface area contributed by atoms with Crippen molar-refractivity contribution in [1.82, 2.24) is 0 Å². The number of carbonyl (C=O) groups is 2. The number of nitrogens with two attached hydrogens (primary N) is 1. The Morgan fingerprint density at radius 1 is 1.29 bits per heavy atom. The fourth-order valence-electron chi connectivity index (χ4n) is 1.52. The quantitative estimate of drug-likeness (QED) is 0.329. The first kappa shape index (κ1) is 16.1. The molecule has 0 bridgehead atoms. The number of Topliss-reactive ketones (excluding diaryl/α,β-unsaturated/α-hetero) is 1. The number of hydrogen-bond donors (Lipinski definition) is 4. The Morgan fingerprint density at radius 2 is 1.88 bits per heavy atom. The van der Waals surface area contributed by atoms with Crippen LogP contribution in [0, 0.1) is 0 Å². The van der Waals surface area contributed by atoms with E-state index in [4.69, 9.17) is 20.9 Å². The van der Waals surface area contributed by atoms with Gasteiger partial charge >= 0.3 is 13.1 Å². The van der Waals surface area contributed by atoms with Crippen molar-refractivity contribution in [2.24, 2.45) is 5.73 Å². The molecule has 17 heavy (non-hydrogen) atoms.